The minimum Gasteiger partial charge on any atom is -0.316 e. The first-order valence-corrected chi connectivity index (χ1v) is 3.27. The molecule has 0 amide bonds. The third-order valence-corrected chi connectivity index (χ3v) is 1.69. The van der Waals surface area contributed by atoms with Crippen LogP contribution in [0.5, 0.6) is 0 Å². The maximum atomic E-state index is 4.07. The average Bonchev–Trinajstić information content (AvgIpc) is 1.65. The molecular formula is C7H14N. The van der Waals surface area contributed by atoms with Crippen LogP contribution in [0.2, 0.25) is 0 Å². The average molecular weight is 112 g/mol. The quantitative estimate of drug-likeness (QED) is 0.496. The Morgan fingerprint density at radius 2 is 2.38 bits per heavy atom. The van der Waals surface area contributed by atoms with Crippen molar-refractivity contribution in [2.75, 3.05) is 13.1 Å². The van der Waals surface area contributed by atoms with Crippen molar-refractivity contribution in [3.63, 3.8) is 0 Å². The van der Waals surface area contributed by atoms with Crippen LogP contribution in [0.25, 0.3) is 0 Å². The van der Waals surface area contributed by atoms with Crippen molar-refractivity contribution < 1.29 is 0 Å². The van der Waals surface area contributed by atoms with Gasteiger partial charge in [0.2, 0.25) is 0 Å². The Kier molecular flexibility index (Phi) is 1.57. The molecule has 1 heterocycles. The Morgan fingerprint density at radius 1 is 1.62 bits per heavy atom. The molecule has 0 saturated carbocycles. The highest BCUT2D eigenvalue weighted by Gasteiger charge is 2.19. The molecule has 1 aliphatic rings. The molecule has 1 saturated heterocycles. The fraction of sp³-hybridized carbons (Fsp3) is 0.857. The van der Waals surface area contributed by atoms with Crippen molar-refractivity contribution in [2.24, 2.45) is 5.41 Å². The first-order valence-electron chi connectivity index (χ1n) is 3.27. The van der Waals surface area contributed by atoms with E-state index in [1.54, 1.807) is 0 Å². The number of piperidine rings is 1. The first kappa shape index (κ1) is 6.09. The van der Waals surface area contributed by atoms with Gasteiger partial charge in [-0.2, -0.15) is 0 Å². The minimum atomic E-state index is 0.318. The van der Waals surface area contributed by atoms with Gasteiger partial charge in [-0.15, -0.1) is 0 Å². The van der Waals surface area contributed by atoms with Crippen LogP contribution in [-0.4, -0.2) is 13.1 Å². The normalized spacial score (nSPS) is 27.8. The highest BCUT2D eigenvalue weighted by Crippen LogP contribution is 2.22. The van der Waals surface area contributed by atoms with Crippen LogP contribution in [0.4, 0.5) is 0 Å². The number of rotatable bonds is 0. The Balaban J connectivity index is 2.33. The van der Waals surface area contributed by atoms with Gasteiger partial charge >= 0.3 is 0 Å². The Bertz CT molecular complexity index is 68.5. The largest absolute Gasteiger partial charge is 0.316 e. The van der Waals surface area contributed by atoms with E-state index in [9.17, 15) is 0 Å². The van der Waals surface area contributed by atoms with Gasteiger partial charge in [-0.1, -0.05) is 6.92 Å². The van der Waals surface area contributed by atoms with Crippen molar-refractivity contribution in [3.05, 3.63) is 6.92 Å². The van der Waals surface area contributed by atoms with Gasteiger partial charge in [0.1, 0.15) is 0 Å². The van der Waals surface area contributed by atoms with Gasteiger partial charge in [0.25, 0.3) is 0 Å². The second-order valence-corrected chi connectivity index (χ2v) is 3.09. The van der Waals surface area contributed by atoms with Gasteiger partial charge in [-0.3, -0.25) is 0 Å². The van der Waals surface area contributed by atoms with E-state index in [1.807, 2.05) is 0 Å². The smallest absolute Gasteiger partial charge is 0.000517 e. The molecule has 0 aromatic rings. The van der Waals surface area contributed by atoms with Crippen LogP contribution >= 0.6 is 0 Å². The van der Waals surface area contributed by atoms with E-state index in [0.29, 0.717) is 5.41 Å². The topological polar surface area (TPSA) is 12.0 Å². The van der Waals surface area contributed by atoms with E-state index in [-0.39, 0.29) is 0 Å². The Labute approximate surface area is 51.5 Å². The van der Waals surface area contributed by atoms with Crippen molar-refractivity contribution in [3.8, 4) is 0 Å². The van der Waals surface area contributed by atoms with E-state index in [4.69, 9.17) is 0 Å². The van der Waals surface area contributed by atoms with Gasteiger partial charge in [-0.05, 0) is 31.7 Å². The van der Waals surface area contributed by atoms with Gasteiger partial charge in [0.15, 0.2) is 0 Å². The molecule has 1 radical (unpaired) electrons. The molecular weight excluding hydrogens is 98.1 g/mol. The second kappa shape index (κ2) is 2.06. The van der Waals surface area contributed by atoms with E-state index < -0.39 is 0 Å². The van der Waals surface area contributed by atoms with Crippen LogP contribution < -0.4 is 5.32 Å². The highest BCUT2D eigenvalue weighted by molar-refractivity contribution is 4.82. The fourth-order valence-electron chi connectivity index (χ4n) is 1.12. The van der Waals surface area contributed by atoms with E-state index in [0.717, 1.165) is 6.54 Å². The zero-order chi connectivity index (χ0) is 6.04. The fourth-order valence-corrected chi connectivity index (χ4v) is 1.12. The third kappa shape index (κ3) is 1.48. The predicted octanol–water partition coefficient (Wildman–Crippen LogP) is 1.21. The van der Waals surface area contributed by atoms with Crippen molar-refractivity contribution in [1.82, 2.24) is 5.32 Å². The third-order valence-electron chi connectivity index (χ3n) is 1.69. The standard InChI is InChI=1S/C7H14N/c1-7(2)4-3-5-8-6-7/h8H,1,3-6H2,2H3. The van der Waals surface area contributed by atoms with Crippen LogP contribution in [0, 0.1) is 12.3 Å². The summed E-state index contributed by atoms with van der Waals surface area (Å²) >= 11 is 0. The number of nitrogens with one attached hydrogen (secondary N) is 1. The molecule has 8 heavy (non-hydrogen) atoms. The van der Waals surface area contributed by atoms with Gasteiger partial charge in [0, 0.05) is 6.54 Å². The molecule has 1 aliphatic heterocycles. The first-order chi connectivity index (χ1) is 3.71. The van der Waals surface area contributed by atoms with Crippen molar-refractivity contribution in [1.29, 1.82) is 0 Å². The number of hydrogen-bond donors (Lipinski definition) is 1. The van der Waals surface area contributed by atoms with Crippen molar-refractivity contribution >= 4 is 0 Å². The lowest BCUT2D eigenvalue weighted by Gasteiger charge is -2.29. The van der Waals surface area contributed by atoms with Gasteiger partial charge < -0.3 is 5.32 Å². The molecule has 0 aromatic heterocycles. The summed E-state index contributed by atoms with van der Waals surface area (Å²) in [6.07, 6.45) is 2.57. The molecule has 47 valence electrons. The zero-order valence-electron chi connectivity index (χ0n) is 5.54. The molecule has 0 aromatic carbocycles. The lowest BCUT2D eigenvalue weighted by Crippen LogP contribution is -2.35. The summed E-state index contributed by atoms with van der Waals surface area (Å²) < 4.78 is 0. The van der Waals surface area contributed by atoms with Gasteiger partial charge in [-0.25, -0.2) is 0 Å². The molecule has 0 aliphatic carbocycles. The molecule has 0 bridgehead atoms. The maximum Gasteiger partial charge on any atom is 0.000517 e. The minimum absolute atomic E-state index is 0.318. The molecule has 1 nitrogen and oxygen atoms in total. The molecule has 1 unspecified atom stereocenters. The monoisotopic (exact) mass is 112 g/mol. The summed E-state index contributed by atoms with van der Waals surface area (Å²) in [5, 5.41) is 3.31. The lowest BCUT2D eigenvalue weighted by molar-refractivity contribution is 0.303. The summed E-state index contributed by atoms with van der Waals surface area (Å²) in [5.41, 5.74) is 0.318. The summed E-state index contributed by atoms with van der Waals surface area (Å²) in [4.78, 5) is 0. The molecule has 1 atom stereocenters. The Hall–Kier alpha value is -0.0400. The second-order valence-electron chi connectivity index (χ2n) is 3.09. The van der Waals surface area contributed by atoms with Crippen molar-refractivity contribution in [2.45, 2.75) is 19.8 Å². The molecule has 1 N–H and O–H groups in total. The summed E-state index contributed by atoms with van der Waals surface area (Å²) in [5.74, 6) is 0. The van der Waals surface area contributed by atoms with Crippen LogP contribution in [0.3, 0.4) is 0 Å². The highest BCUT2D eigenvalue weighted by atomic mass is 14.9. The van der Waals surface area contributed by atoms with Gasteiger partial charge in [0.05, 0.1) is 0 Å². The van der Waals surface area contributed by atoms with E-state index >= 15 is 0 Å². The molecule has 1 fully saturated rings. The molecule has 1 rings (SSSR count). The Morgan fingerprint density at radius 3 is 2.62 bits per heavy atom. The zero-order valence-corrected chi connectivity index (χ0v) is 5.54. The van der Waals surface area contributed by atoms with E-state index in [1.165, 1.54) is 19.4 Å². The number of hydrogen-bond acceptors (Lipinski definition) is 1. The van der Waals surface area contributed by atoms with Crippen LogP contribution in [0.1, 0.15) is 19.8 Å². The summed E-state index contributed by atoms with van der Waals surface area (Å²) in [6, 6.07) is 0. The van der Waals surface area contributed by atoms with Crippen LogP contribution in [-0.2, 0) is 0 Å². The predicted molar refractivity (Wildman–Crippen MR) is 35.6 cm³/mol. The van der Waals surface area contributed by atoms with Crippen LogP contribution in [0.15, 0.2) is 0 Å². The lowest BCUT2D eigenvalue weighted by atomic mass is 9.85. The molecule has 0 spiro atoms. The summed E-state index contributed by atoms with van der Waals surface area (Å²) in [6.45, 7) is 8.55. The van der Waals surface area contributed by atoms with E-state index in [2.05, 4.69) is 19.2 Å². The summed E-state index contributed by atoms with van der Waals surface area (Å²) in [7, 11) is 0. The maximum absolute atomic E-state index is 4.07. The molecule has 1 heteroatoms. The SMILES string of the molecule is [CH2]C1(C)CCCNC1.